The standard InChI is InChI=1S/C19H18N2O3S2/c1-12-6-7-18(25-12)17-10-15(14-4-2-3-5-16(14)21-17)19(22)20-13-8-9-26(23,24)11-13/h2-7,10,13H,8-9,11H2,1H3,(H,20,22). The second-order valence-electron chi connectivity index (χ2n) is 6.56. The summed E-state index contributed by atoms with van der Waals surface area (Å²) in [5, 5.41) is 3.65. The van der Waals surface area contributed by atoms with Crippen LogP contribution in [0.3, 0.4) is 0 Å². The van der Waals surface area contributed by atoms with Crippen LogP contribution in [0.25, 0.3) is 21.5 Å². The molecular weight excluding hydrogens is 368 g/mol. The first-order chi connectivity index (χ1) is 12.4. The van der Waals surface area contributed by atoms with Gasteiger partial charge in [-0.25, -0.2) is 13.4 Å². The number of nitrogens with zero attached hydrogens (tertiary/aromatic N) is 1. The van der Waals surface area contributed by atoms with Crippen LogP contribution >= 0.6 is 11.3 Å². The summed E-state index contributed by atoms with van der Waals surface area (Å²) in [6.07, 6.45) is 0.466. The Kier molecular flexibility index (Phi) is 4.28. The number of pyridine rings is 1. The SMILES string of the molecule is Cc1ccc(-c2cc(C(=O)NC3CCS(=O)(=O)C3)c3ccccc3n2)s1. The average molecular weight is 386 g/mol. The molecule has 1 aliphatic rings. The van der Waals surface area contributed by atoms with Gasteiger partial charge in [0.25, 0.3) is 5.91 Å². The molecule has 0 bridgehead atoms. The zero-order valence-corrected chi connectivity index (χ0v) is 15.9. The van der Waals surface area contributed by atoms with Crippen molar-refractivity contribution in [1.82, 2.24) is 10.3 Å². The maximum atomic E-state index is 12.9. The van der Waals surface area contributed by atoms with Crippen molar-refractivity contribution >= 4 is 38.0 Å². The van der Waals surface area contributed by atoms with Crippen molar-refractivity contribution in [2.75, 3.05) is 11.5 Å². The number of carbonyl (C=O) groups excluding carboxylic acids is 1. The molecule has 1 aromatic carbocycles. The molecule has 7 heteroatoms. The van der Waals surface area contributed by atoms with Gasteiger partial charge in [-0.1, -0.05) is 18.2 Å². The fourth-order valence-corrected chi connectivity index (χ4v) is 5.74. The van der Waals surface area contributed by atoms with Gasteiger partial charge in [0.15, 0.2) is 9.84 Å². The molecule has 3 aromatic rings. The highest BCUT2D eigenvalue weighted by atomic mass is 32.2. The van der Waals surface area contributed by atoms with E-state index in [0.717, 1.165) is 21.5 Å². The summed E-state index contributed by atoms with van der Waals surface area (Å²) in [6.45, 7) is 2.03. The average Bonchev–Trinajstić information content (AvgIpc) is 3.19. The van der Waals surface area contributed by atoms with Gasteiger partial charge < -0.3 is 5.32 Å². The van der Waals surface area contributed by atoms with Gasteiger partial charge in [-0.2, -0.15) is 0 Å². The van der Waals surface area contributed by atoms with E-state index in [0.29, 0.717) is 12.0 Å². The Hall–Kier alpha value is -2.25. The molecule has 1 fully saturated rings. The van der Waals surface area contributed by atoms with E-state index in [1.165, 1.54) is 4.88 Å². The highest BCUT2D eigenvalue weighted by molar-refractivity contribution is 7.91. The third-order valence-corrected chi connectivity index (χ3v) is 7.31. The minimum Gasteiger partial charge on any atom is -0.348 e. The van der Waals surface area contributed by atoms with E-state index in [1.54, 1.807) is 17.4 Å². The molecular formula is C19H18N2O3S2. The van der Waals surface area contributed by atoms with E-state index >= 15 is 0 Å². The number of nitrogens with one attached hydrogen (secondary N) is 1. The minimum atomic E-state index is -3.04. The molecule has 1 atom stereocenters. The lowest BCUT2D eigenvalue weighted by molar-refractivity contribution is 0.0943. The highest BCUT2D eigenvalue weighted by Gasteiger charge is 2.29. The van der Waals surface area contributed by atoms with E-state index in [-0.39, 0.29) is 23.5 Å². The number of hydrogen-bond acceptors (Lipinski definition) is 5. The first kappa shape index (κ1) is 17.2. The molecule has 2 aromatic heterocycles. The largest absolute Gasteiger partial charge is 0.348 e. The smallest absolute Gasteiger partial charge is 0.252 e. The number of para-hydroxylation sites is 1. The lowest BCUT2D eigenvalue weighted by atomic mass is 10.1. The summed E-state index contributed by atoms with van der Waals surface area (Å²) in [7, 11) is -3.04. The Morgan fingerprint density at radius 2 is 2.04 bits per heavy atom. The molecule has 3 heterocycles. The van der Waals surface area contributed by atoms with Gasteiger partial charge in [-0.15, -0.1) is 11.3 Å². The number of thiophene rings is 1. The van der Waals surface area contributed by atoms with Crippen LogP contribution in [0.15, 0.2) is 42.5 Å². The number of hydrogen-bond donors (Lipinski definition) is 1. The van der Waals surface area contributed by atoms with Crippen LogP contribution in [0.1, 0.15) is 21.7 Å². The summed E-state index contributed by atoms with van der Waals surface area (Å²) in [6, 6.07) is 13.0. The lowest BCUT2D eigenvalue weighted by Crippen LogP contribution is -2.35. The number of rotatable bonds is 3. The van der Waals surface area contributed by atoms with E-state index in [4.69, 9.17) is 4.98 Å². The third-order valence-electron chi connectivity index (χ3n) is 4.52. The Morgan fingerprint density at radius 3 is 2.73 bits per heavy atom. The maximum absolute atomic E-state index is 12.9. The van der Waals surface area contributed by atoms with Gasteiger partial charge in [-0.3, -0.25) is 4.79 Å². The van der Waals surface area contributed by atoms with Gasteiger partial charge in [0.1, 0.15) is 0 Å². The van der Waals surface area contributed by atoms with Crippen molar-refractivity contribution in [2.45, 2.75) is 19.4 Å². The summed E-state index contributed by atoms with van der Waals surface area (Å²) in [5.41, 5.74) is 2.03. The van der Waals surface area contributed by atoms with Crippen molar-refractivity contribution in [2.24, 2.45) is 0 Å². The van der Waals surface area contributed by atoms with E-state index in [1.807, 2.05) is 43.3 Å². The van der Waals surface area contributed by atoms with Crippen LogP contribution in [0.2, 0.25) is 0 Å². The second kappa shape index (κ2) is 6.48. The number of aromatic nitrogens is 1. The maximum Gasteiger partial charge on any atom is 0.252 e. The van der Waals surface area contributed by atoms with Crippen LogP contribution in [0, 0.1) is 6.92 Å². The molecule has 4 rings (SSSR count). The number of aryl methyl sites for hydroxylation is 1. The van der Waals surface area contributed by atoms with Gasteiger partial charge in [0.05, 0.1) is 33.2 Å². The quantitative estimate of drug-likeness (QED) is 0.750. The topological polar surface area (TPSA) is 76.1 Å². The molecule has 5 nitrogen and oxygen atoms in total. The van der Waals surface area contributed by atoms with Crippen molar-refractivity contribution in [3.63, 3.8) is 0 Å². The molecule has 0 saturated carbocycles. The second-order valence-corrected chi connectivity index (χ2v) is 10.1. The van der Waals surface area contributed by atoms with E-state index in [9.17, 15) is 13.2 Å². The molecule has 0 aliphatic carbocycles. The monoisotopic (exact) mass is 386 g/mol. The molecule has 1 amide bonds. The molecule has 134 valence electrons. The molecule has 0 radical (unpaired) electrons. The minimum absolute atomic E-state index is 0.0126. The van der Waals surface area contributed by atoms with Crippen LogP contribution < -0.4 is 5.32 Å². The van der Waals surface area contributed by atoms with E-state index in [2.05, 4.69) is 5.32 Å². The third kappa shape index (κ3) is 3.37. The number of amides is 1. The molecule has 1 unspecified atom stereocenters. The highest BCUT2D eigenvalue weighted by Crippen LogP contribution is 2.30. The zero-order chi connectivity index (χ0) is 18.3. The zero-order valence-electron chi connectivity index (χ0n) is 14.2. The normalized spacial score (nSPS) is 18.9. The fraction of sp³-hybridized carbons (Fsp3) is 0.263. The van der Waals surface area contributed by atoms with Crippen LogP contribution in [-0.2, 0) is 9.84 Å². The molecule has 1 aliphatic heterocycles. The molecule has 1 N–H and O–H groups in total. The Labute approximate surface area is 156 Å². The summed E-state index contributed by atoms with van der Waals surface area (Å²) in [5.74, 6) is -0.103. The van der Waals surface area contributed by atoms with Gasteiger partial charge in [-0.05, 0) is 37.6 Å². The Balaban J connectivity index is 1.74. The first-order valence-electron chi connectivity index (χ1n) is 8.39. The fourth-order valence-electron chi connectivity index (χ4n) is 3.23. The first-order valence-corrected chi connectivity index (χ1v) is 11.0. The van der Waals surface area contributed by atoms with Crippen molar-refractivity contribution in [1.29, 1.82) is 0 Å². The number of benzene rings is 1. The molecule has 1 saturated heterocycles. The van der Waals surface area contributed by atoms with E-state index < -0.39 is 9.84 Å². The van der Waals surface area contributed by atoms with Gasteiger partial charge in [0, 0.05) is 16.3 Å². The van der Waals surface area contributed by atoms with Crippen LogP contribution in [0.5, 0.6) is 0 Å². The molecule has 0 spiro atoms. The van der Waals surface area contributed by atoms with Gasteiger partial charge >= 0.3 is 0 Å². The molecule has 26 heavy (non-hydrogen) atoms. The predicted molar refractivity (Wildman–Crippen MR) is 104 cm³/mol. The van der Waals surface area contributed by atoms with Crippen LogP contribution in [0.4, 0.5) is 0 Å². The van der Waals surface area contributed by atoms with Gasteiger partial charge in [0.2, 0.25) is 0 Å². The Bertz CT molecular complexity index is 1100. The Morgan fingerprint density at radius 1 is 1.23 bits per heavy atom. The van der Waals surface area contributed by atoms with Crippen molar-refractivity contribution in [3.8, 4) is 10.6 Å². The predicted octanol–water partition coefficient (Wildman–Crippen LogP) is 3.19. The van der Waals surface area contributed by atoms with Crippen molar-refractivity contribution in [3.05, 3.63) is 52.9 Å². The summed E-state index contributed by atoms with van der Waals surface area (Å²) < 4.78 is 23.3. The van der Waals surface area contributed by atoms with Crippen molar-refractivity contribution < 1.29 is 13.2 Å². The summed E-state index contributed by atoms with van der Waals surface area (Å²) >= 11 is 1.63. The lowest BCUT2D eigenvalue weighted by Gasteiger charge is -2.13. The number of fused-ring (bicyclic) bond motifs is 1. The number of sulfone groups is 1. The van der Waals surface area contributed by atoms with Crippen LogP contribution in [-0.4, -0.2) is 36.9 Å². The summed E-state index contributed by atoms with van der Waals surface area (Å²) in [4.78, 5) is 19.8. The number of carbonyl (C=O) groups is 1.